The third-order valence-corrected chi connectivity index (χ3v) is 3.54. The molecule has 1 N–H and O–H groups in total. The standard InChI is InChI=1S/C17H13ClF3NO4/c1-25-12-4-2-3-10(7-12)16(24)26-9-15(23)22-14-8-11(17(19,20)21)5-6-13(14)18/h2-8H,9H2,1H3,(H,22,23). The Kier molecular flexibility index (Phi) is 6.10. The Morgan fingerprint density at radius 1 is 1.15 bits per heavy atom. The molecule has 138 valence electrons. The van der Waals surface area contributed by atoms with Crippen molar-refractivity contribution >= 4 is 29.2 Å². The number of carbonyl (C=O) groups is 2. The molecule has 5 nitrogen and oxygen atoms in total. The molecule has 0 bridgehead atoms. The zero-order valence-electron chi connectivity index (χ0n) is 13.4. The summed E-state index contributed by atoms with van der Waals surface area (Å²) >= 11 is 5.78. The monoisotopic (exact) mass is 387 g/mol. The smallest absolute Gasteiger partial charge is 0.416 e. The van der Waals surface area contributed by atoms with E-state index in [0.717, 1.165) is 12.1 Å². The second kappa shape index (κ2) is 8.09. The summed E-state index contributed by atoms with van der Waals surface area (Å²) in [7, 11) is 1.43. The van der Waals surface area contributed by atoms with E-state index in [2.05, 4.69) is 5.32 Å². The molecule has 0 saturated carbocycles. The van der Waals surface area contributed by atoms with Crippen LogP contribution in [0.4, 0.5) is 18.9 Å². The number of anilines is 1. The number of carbonyl (C=O) groups excluding carboxylic acids is 2. The summed E-state index contributed by atoms with van der Waals surface area (Å²) in [5.41, 5.74) is -1.04. The van der Waals surface area contributed by atoms with Crippen molar-refractivity contribution in [3.8, 4) is 5.75 Å². The predicted molar refractivity (Wildman–Crippen MR) is 88.4 cm³/mol. The summed E-state index contributed by atoms with van der Waals surface area (Å²) in [5.74, 6) is -1.18. The van der Waals surface area contributed by atoms with Crippen LogP contribution in [-0.4, -0.2) is 25.6 Å². The van der Waals surface area contributed by atoms with E-state index in [1.807, 2.05) is 0 Å². The molecule has 0 aliphatic carbocycles. The number of hydrogen-bond acceptors (Lipinski definition) is 4. The van der Waals surface area contributed by atoms with Crippen LogP contribution in [0.5, 0.6) is 5.75 Å². The van der Waals surface area contributed by atoms with Crippen molar-refractivity contribution in [3.05, 3.63) is 58.6 Å². The van der Waals surface area contributed by atoms with E-state index < -0.39 is 30.2 Å². The number of nitrogens with one attached hydrogen (secondary N) is 1. The molecule has 2 aromatic carbocycles. The number of halogens is 4. The molecule has 0 saturated heterocycles. The molecule has 0 aliphatic rings. The van der Waals surface area contributed by atoms with E-state index >= 15 is 0 Å². The van der Waals surface area contributed by atoms with E-state index in [-0.39, 0.29) is 16.3 Å². The number of benzene rings is 2. The molecule has 0 heterocycles. The summed E-state index contributed by atoms with van der Waals surface area (Å²) in [4.78, 5) is 23.7. The lowest BCUT2D eigenvalue weighted by Crippen LogP contribution is -2.21. The molecular weight excluding hydrogens is 375 g/mol. The third kappa shape index (κ3) is 5.13. The van der Waals surface area contributed by atoms with Gasteiger partial charge in [0, 0.05) is 0 Å². The highest BCUT2D eigenvalue weighted by Gasteiger charge is 2.31. The van der Waals surface area contributed by atoms with Gasteiger partial charge >= 0.3 is 12.1 Å². The first-order valence-electron chi connectivity index (χ1n) is 7.18. The van der Waals surface area contributed by atoms with Crippen molar-refractivity contribution in [2.45, 2.75) is 6.18 Å². The van der Waals surface area contributed by atoms with Crippen LogP contribution in [0.3, 0.4) is 0 Å². The van der Waals surface area contributed by atoms with Crippen molar-refractivity contribution in [3.63, 3.8) is 0 Å². The van der Waals surface area contributed by atoms with Gasteiger partial charge in [0.15, 0.2) is 6.61 Å². The Bertz CT molecular complexity index is 824. The van der Waals surface area contributed by atoms with Crippen LogP contribution >= 0.6 is 11.6 Å². The molecule has 1 amide bonds. The van der Waals surface area contributed by atoms with Gasteiger partial charge in [-0.05, 0) is 36.4 Å². The first kappa shape index (κ1) is 19.6. The first-order valence-corrected chi connectivity index (χ1v) is 7.56. The molecule has 2 aromatic rings. The molecule has 9 heteroatoms. The molecule has 0 aromatic heterocycles. The van der Waals surface area contributed by atoms with Crippen LogP contribution in [0.15, 0.2) is 42.5 Å². The summed E-state index contributed by atoms with van der Waals surface area (Å²) in [6.45, 7) is -0.692. The second-order valence-electron chi connectivity index (χ2n) is 5.05. The van der Waals surface area contributed by atoms with Crippen LogP contribution in [0.25, 0.3) is 0 Å². The number of hydrogen-bond donors (Lipinski definition) is 1. The minimum Gasteiger partial charge on any atom is -0.497 e. The summed E-state index contributed by atoms with van der Waals surface area (Å²) in [6, 6.07) is 8.58. The number of rotatable bonds is 5. The van der Waals surface area contributed by atoms with Gasteiger partial charge in [0.2, 0.25) is 0 Å². The second-order valence-corrected chi connectivity index (χ2v) is 5.46. The average molecular weight is 388 g/mol. The largest absolute Gasteiger partial charge is 0.497 e. The number of ether oxygens (including phenoxy) is 2. The van der Waals surface area contributed by atoms with Crippen LogP contribution in [-0.2, 0) is 15.7 Å². The lowest BCUT2D eigenvalue weighted by atomic mass is 10.2. The highest BCUT2D eigenvalue weighted by atomic mass is 35.5. The molecule has 0 atom stereocenters. The molecule has 26 heavy (non-hydrogen) atoms. The van der Waals surface area contributed by atoms with E-state index in [1.54, 1.807) is 12.1 Å². The van der Waals surface area contributed by atoms with Crippen LogP contribution in [0.2, 0.25) is 5.02 Å². The van der Waals surface area contributed by atoms with Gasteiger partial charge in [-0.2, -0.15) is 13.2 Å². The van der Waals surface area contributed by atoms with Gasteiger partial charge < -0.3 is 14.8 Å². The Labute approximate surface area is 151 Å². The minimum atomic E-state index is -4.58. The van der Waals surface area contributed by atoms with E-state index in [1.165, 1.54) is 19.2 Å². The fourth-order valence-electron chi connectivity index (χ4n) is 1.95. The van der Waals surface area contributed by atoms with Gasteiger partial charge in [-0.15, -0.1) is 0 Å². The van der Waals surface area contributed by atoms with Crippen LogP contribution < -0.4 is 10.1 Å². The Morgan fingerprint density at radius 2 is 1.88 bits per heavy atom. The SMILES string of the molecule is COc1cccc(C(=O)OCC(=O)Nc2cc(C(F)(F)F)ccc2Cl)c1. The van der Waals surface area contributed by atoms with Gasteiger partial charge in [0.05, 0.1) is 28.9 Å². The maximum atomic E-state index is 12.7. The number of amides is 1. The van der Waals surface area contributed by atoms with Gasteiger partial charge in [0.1, 0.15) is 5.75 Å². The quantitative estimate of drug-likeness (QED) is 0.782. The van der Waals surface area contributed by atoms with Gasteiger partial charge in [-0.1, -0.05) is 17.7 Å². The molecule has 2 rings (SSSR count). The highest BCUT2D eigenvalue weighted by molar-refractivity contribution is 6.33. The fraction of sp³-hybridized carbons (Fsp3) is 0.176. The van der Waals surface area contributed by atoms with Crippen molar-refractivity contribution in [1.82, 2.24) is 0 Å². The normalized spacial score (nSPS) is 11.0. The van der Waals surface area contributed by atoms with E-state index in [0.29, 0.717) is 11.8 Å². The molecule has 0 unspecified atom stereocenters. The van der Waals surface area contributed by atoms with Crippen molar-refractivity contribution in [1.29, 1.82) is 0 Å². The zero-order chi connectivity index (χ0) is 19.3. The Morgan fingerprint density at radius 3 is 2.54 bits per heavy atom. The van der Waals surface area contributed by atoms with Crippen molar-refractivity contribution < 1.29 is 32.2 Å². The molecule has 0 radical (unpaired) electrons. The fourth-order valence-corrected chi connectivity index (χ4v) is 2.11. The van der Waals surface area contributed by atoms with Gasteiger partial charge in [0.25, 0.3) is 5.91 Å². The average Bonchev–Trinajstić information content (AvgIpc) is 2.60. The minimum absolute atomic E-state index is 0.0783. The Balaban J connectivity index is 1.99. The van der Waals surface area contributed by atoms with Gasteiger partial charge in [-0.25, -0.2) is 4.79 Å². The lowest BCUT2D eigenvalue weighted by Gasteiger charge is -2.12. The topological polar surface area (TPSA) is 64.6 Å². The molecular formula is C17H13ClF3NO4. The first-order chi connectivity index (χ1) is 12.2. The predicted octanol–water partition coefficient (Wildman–Crippen LogP) is 4.16. The molecule has 0 spiro atoms. The highest BCUT2D eigenvalue weighted by Crippen LogP contribution is 2.33. The molecule has 0 aliphatic heterocycles. The number of alkyl halides is 3. The van der Waals surface area contributed by atoms with Crippen LogP contribution in [0, 0.1) is 0 Å². The zero-order valence-corrected chi connectivity index (χ0v) is 14.1. The van der Waals surface area contributed by atoms with Crippen molar-refractivity contribution in [2.75, 3.05) is 19.0 Å². The van der Waals surface area contributed by atoms with Crippen molar-refractivity contribution in [2.24, 2.45) is 0 Å². The summed E-state index contributed by atoms with van der Waals surface area (Å²) in [5, 5.41) is 2.10. The van der Waals surface area contributed by atoms with Crippen LogP contribution in [0.1, 0.15) is 15.9 Å². The van der Waals surface area contributed by atoms with Gasteiger partial charge in [-0.3, -0.25) is 4.79 Å². The summed E-state index contributed by atoms with van der Waals surface area (Å²) < 4.78 is 47.9. The Hall–Kier alpha value is -2.74. The molecule has 0 fully saturated rings. The number of methoxy groups -OCH3 is 1. The number of esters is 1. The maximum Gasteiger partial charge on any atom is 0.416 e. The lowest BCUT2D eigenvalue weighted by molar-refractivity contribution is -0.137. The third-order valence-electron chi connectivity index (χ3n) is 3.21. The van der Waals surface area contributed by atoms with E-state index in [9.17, 15) is 22.8 Å². The van der Waals surface area contributed by atoms with E-state index in [4.69, 9.17) is 21.1 Å². The summed E-state index contributed by atoms with van der Waals surface area (Å²) in [6.07, 6.45) is -4.58. The maximum absolute atomic E-state index is 12.7.